The number of hydrogen-bond donors (Lipinski definition) is 2. The van der Waals surface area contributed by atoms with E-state index in [0.717, 1.165) is 19.3 Å². The van der Waals surface area contributed by atoms with Gasteiger partial charge in [-0.05, 0) is 12.8 Å². The van der Waals surface area contributed by atoms with Crippen molar-refractivity contribution in [1.29, 1.82) is 0 Å². The number of nitrogens with zero attached hydrogens (tertiary/aromatic N) is 1. The standard InChI is InChI=1S/C19H42N2O3S/c1-5-7-8-9-10-11-12-13-14-15-16-17-18-19(6-2,20-21(3)4)25(22,23)24/h20H,5-18H2,1-4H3,(H,22,23,24). The highest BCUT2D eigenvalue weighted by Gasteiger charge is 2.41. The lowest BCUT2D eigenvalue weighted by Crippen LogP contribution is -2.56. The topological polar surface area (TPSA) is 69.6 Å². The van der Waals surface area contributed by atoms with Gasteiger partial charge in [-0.25, -0.2) is 10.4 Å². The lowest BCUT2D eigenvalue weighted by molar-refractivity contribution is 0.187. The summed E-state index contributed by atoms with van der Waals surface area (Å²) in [5.74, 6) is 0. The van der Waals surface area contributed by atoms with Gasteiger partial charge in [0.25, 0.3) is 10.1 Å². The summed E-state index contributed by atoms with van der Waals surface area (Å²) in [7, 11) is -0.643. The minimum absolute atomic E-state index is 0.349. The smallest absolute Gasteiger partial charge is 0.284 e. The van der Waals surface area contributed by atoms with Crippen LogP contribution in [0.5, 0.6) is 0 Å². The first-order chi connectivity index (χ1) is 11.8. The van der Waals surface area contributed by atoms with Gasteiger partial charge in [-0.15, -0.1) is 0 Å². The third-order valence-electron chi connectivity index (χ3n) is 4.93. The Morgan fingerprint density at radius 2 is 1.20 bits per heavy atom. The predicted molar refractivity (Wildman–Crippen MR) is 107 cm³/mol. The average molecular weight is 379 g/mol. The lowest BCUT2D eigenvalue weighted by atomic mass is 10.0. The van der Waals surface area contributed by atoms with Crippen LogP contribution in [0.15, 0.2) is 0 Å². The summed E-state index contributed by atoms with van der Waals surface area (Å²) in [5.41, 5.74) is 2.92. The fraction of sp³-hybridized carbons (Fsp3) is 1.00. The molecule has 2 N–H and O–H groups in total. The molecule has 0 aromatic heterocycles. The van der Waals surface area contributed by atoms with E-state index < -0.39 is 15.0 Å². The van der Waals surface area contributed by atoms with E-state index in [1.54, 1.807) is 26.0 Å². The molecule has 0 aliphatic carbocycles. The number of hydrazine groups is 1. The van der Waals surface area contributed by atoms with E-state index in [1.165, 1.54) is 57.8 Å². The van der Waals surface area contributed by atoms with E-state index >= 15 is 0 Å². The molecule has 0 saturated heterocycles. The number of nitrogens with one attached hydrogen (secondary N) is 1. The molecule has 0 saturated carbocycles. The summed E-state index contributed by atoms with van der Waals surface area (Å²) in [5, 5.41) is 1.61. The molecule has 5 nitrogen and oxygen atoms in total. The molecular formula is C19H42N2O3S. The molecule has 0 aromatic carbocycles. The third kappa shape index (κ3) is 11.2. The summed E-state index contributed by atoms with van der Waals surface area (Å²) in [6.07, 6.45) is 15.7. The van der Waals surface area contributed by atoms with Crippen molar-refractivity contribution in [2.24, 2.45) is 0 Å². The van der Waals surface area contributed by atoms with Gasteiger partial charge in [0.1, 0.15) is 0 Å². The van der Waals surface area contributed by atoms with Gasteiger partial charge in [0, 0.05) is 14.1 Å². The van der Waals surface area contributed by atoms with Crippen LogP contribution in [-0.4, -0.2) is 36.9 Å². The van der Waals surface area contributed by atoms with E-state index in [9.17, 15) is 13.0 Å². The van der Waals surface area contributed by atoms with Crippen LogP contribution in [0.4, 0.5) is 0 Å². The second kappa shape index (κ2) is 14.0. The van der Waals surface area contributed by atoms with Crippen LogP contribution in [0, 0.1) is 0 Å². The molecular weight excluding hydrogens is 336 g/mol. The molecule has 25 heavy (non-hydrogen) atoms. The van der Waals surface area contributed by atoms with Gasteiger partial charge in [-0.1, -0.05) is 90.9 Å². The van der Waals surface area contributed by atoms with Gasteiger partial charge in [-0.2, -0.15) is 8.42 Å². The highest BCUT2D eigenvalue weighted by molar-refractivity contribution is 7.87. The van der Waals surface area contributed by atoms with Crippen molar-refractivity contribution < 1.29 is 13.0 Å². The molecule has 0 aromatic rings. The van der Waals surface area contributed by atoms with Crippen LogP contribution in [0.1, 0.15) is 104 Å². The van der Waals surface area contributed by atoms with Crippen molar-refractivity contribution in [3.8, 4) is 0 Å². The molecule has 0 amide bonds. The Morgan fingerprint density at radius 1 is 0.800 bits per heavy atom. The van der Waals surface area contributed by atoms with Crippen LogP contribution in [0.25, 0.3) is 0 Å². The van der Waals surface area contributed by atoms with Crippen molar-refractivity contribution >= 4 is 10.1 Å². The Hall–Kier alpha value is -0.170. The maximum atomic E-state index is 11.8. The van der Waals surface area contributed by atoms with Crippen LogP contribution < -0.4 is 5.43 Å². The van der Waals surface area contributed by atoms with Gasteiger partial charge < -0.3 is 0 Å². The molecule has 0 bridgehead atoms. The molecule has 0 spiro atoms. The zero-order valence-corrected chi connectivity index (χ0v) is 17.8. The number of unbranched alkanes of at least 4 members (excludes halogenated alkanes) is 11. The van der Waals surface area contributed by atoms with E-state index in [2.05, 4.69) is 12.3 Å². The summed E-state index contributed by atoms with van der Waals surface area (Å²) in [4.78, 5) is -1.25. The van der Waals surface area contributed by atoms with Gasteiger partial charge in [0.05, 0.1) is 0 Å². The van der Waals surface area contributed by atoms with Crippen LogP contribution >= 0.6 is 0 Å². The molecule has 1 atom stereocenters. The Balaban J connectivity index is 3.86. The lowest BCUT2D eigenvalue weighted by Gasteiger charge is -2.33. The maximum Gasteiger partial charge on any atom is 0.285 e. The summed E-state index contributed by atoms with van der Waals surface area (Å²) < 4.78 is 33.3. The molecule has 0 fully saturated rings. The Morgan fingerprint density at radius 3 is 1.52 bits per heavy atom. The summed E-state index contributed by atoms with van der Waals surface area (Å²) >= 11 is 0. The van der Waals surface area contributed by atoms with Crippen molar-refractivity contribution in [2.75, 3.05) is 14.1 Å². The molecule has 152 valence electrons. The molecule has 6 heteroatoms. The first kappa shape index (κ1) is 24.8. The summed E-state index contributed by atoms with van der Waals surface area (Å²) in [6.45, 7) is 4.04. The van der Waals surface area contributed by atoms with Crippen molar-refractivity contribution in [3.05, 3.63) is 0 Å². The monoisotopic (exact) mass is 378 g/mol. The normalized spacial score (nSPS) is 14.8. The third-order valence-corrected chi connectivity index (χ3v) is 6.50. The van der Waals surface area contributed by atoms with Crippen LogP contribution in [0.2, 0.25) is 0 Å². The van der Waals surface area contributed by atoms with E-state index in [0.29, 0.717) is 12.8 Å². The largest absolute Gasteiger partial charge is 0.285 e. The predicted octanol–water partition coefficient (Wildman–Crippen LogP) is 5.14. The van der Waals surface area contributed by atoms with Gasteiger partial charge in [0.2, 0.25) is 0 Å². The first-order valence-electron chi connectivity index (χ1n) is 10.2. The fourth-order valence-electron chi connectivity index (χ4n) is 3.34. The van der Waals surface area contributed by atoms with Crippen LogP contribution in [0.3, 0.4) is 0 Å². The minimum Gasteiger partial charge on any atom is -0.284 e. The van der Waals surface area contributed by atoms with Crippen LogP contribution in [-0.2, 0) is 10.1 Å². The van der Waals surface area contributed by atoms with Crippen molar-refractivity contribution in [1.82, 2.24) is 10.4 Å². The molecule has 0 heterocycles. The molecule has 0 aliphatic rings. The highest BCUT2D eigenvalue weighted by atomic mass is 32.2. The van der Waals surface area contributed by atoms with Gasteiger partial charge in [0.15, 0.2) is 4.87 Å². The Bertz CT molecular complexity index is 413. The number of rotatable bonds is 17. The number of hydrogen-bond acceptors (Lipinski definition) is 4. The molecule has 0 radical (unpaired) electrons. The van der Waals surface area contributed by atoms with Gasteiger partial charge >= 0.3 is 0 Å². The first-order valence-corrected chi connectivity index (χ1v) is 11.6. The SMILES string of the molecule is CCCCCCCCCCCCCCC(CC)(NN(C)C)S(=O)(=O)O. The van der Waals surface area contributed by atoms with E-state index in [1.807, 2.05) is 0 Å². The average Bonchev–Trinajstić information content (AvgIpc) is 2.53. The zero-order chi connectivity index (χ0) is 19.2. The Labute approximate surface area is 156 Å². The van der Waals surface area contributed by atoms with E-state index in [4.69, 9.17) is 0 Å². The van der Waals surface area contributed by atoms with Crippen molar-refractivity contribution in [3.63, 3.8) is 0 Å². The Kier molecular flexibility index (Phi) is 13.9. The maximum absolute atomic E-state index is 11.8. The molecule has 0 rings (SSSR count). The fourth-order valence-corrected chi connectivity index (χ4v) is 4.40. The quantitative estimate of drug-likeness (QED) is 0.208. The summed E-state index contributed by atoms with van der Waals surface area (Å²) in [6, 6.07) is 0. The second-order valence-corrected chi connectivity index (χ2v) is 9.20. The molecule has 0 aliphatic heterocycles. The van der Waals surface area contributed by atoms with Crippen molar-refractivity contribution in [2.45, 2.75) is 109 Å². The molecule has 1 unspecified atom stereocenters. The second-order valence-electron chi connectivity index (χ2n) is 7.47. The minimum atomic E-state index is -4.14. The van der Waals surface area contributed by atoms with E-state index in [-0.39, 0.29) is 0 Å². The zero-order valence-electron chi connectivity index (χ0n) is 17.0. The van der Waals surface area contributed by atoms with Gasteiger partial charge in [-0.3, -0.25) is 4.55 Å². The highest BCUT2D eigenvalue weighted by Crippen LogP contribution is 2.25.